The molecule has 18 heavy (non-hydrogen) atoms. The Morgan fingerprint density at radius 3 is 2.11 bits per heavy atom. The predicted octanol–water partition coefficient (Wildman–Crippen LogP) is -1.58. The minimum Gasteiger partial charge on any atom is -0.478 e. The molecule has 0 aliphatic carbocycles. The molecular weight excluding hydrogens is 244 g/mol. The average Bonchev–Trinajstić information content (AvgIpc) is 2.33. The topological polar surface area (TPSA) is 122 Å². The van der Waals surface area contributed by atoms with Crippen LogP contribution in [0.25, 0.3) is 0 Å². The Kier molecular flexibility index (Phi) is 6.79. The van der Waals surface area contributed by atoms with Crippen LogP contribution in [0.2, 0.25) is 0 Å². The molecule has 0 unspecified atom stereocenters. The van der Waals surface area contributed by atoms with Crippen molar-refractivity contribution in [2.24, 2.45) is 0 Å². The smallest absolute Gasteiger partial charge is 0.335 e. The highest BCUT2D eigenvalue weighted by Gasteiger charge is 2.17. The average molecular weight is 258 g/mol. The Bertz CT molecular complexity index is 388. The van der Waals surface area contributed by atoms with Gasteiger partial charge in [0.25, 0.3) is 5.91 Å². The molecule has 0 radical (unpaired) electrons. The normalized spacial score (nSPS) is 10.4. The van der Waals surface area contributed by atoms with Crippen LogP contribution in [0, 0.1) is 0 Å². The summed E-state index contributed by atoms with van der Waals surface area (Å²) in [4.78, 5) is 43.8. The van der Waals surface area contributed by atoms with E-state index in [0.717, 1.165) is 0 Å². The van der Waals surface area contributed by atoms with Crippen molar-refractivity contribution in [2.45, 2.75) is 6.42 Å². The molecule has 8 nitrogen and oxygen atoms in total. The maximum Gasteiger partial charge on any atom is 0.335 e. The predicted molar refractivity (Wildman–Crippen MR) is 59.4 cm³/mol. The molecule has 0 saturated heterocycles. The molecule has 0 rings (SSSR count). The zero-order valence-corrected chi connectivity index (χ0v) is 9.98. The number of hydrogen-bond acceptors (Lipinski definition) is 5. The van der Waals surface area contributed by atoms with E-state index in [-0.39, 0.29) is 5.57 Å². The van der Waals surface area contributed by atoms with Crippen molar-refractivity contribution in [2.75, 3.05) is 20.7 Å². The Balaban J connectivity index is 4.66. The lowest BCUT2D eigenvalue weighted by atomic mass is 10.1. The molecule has 3 N–H and O–H groups in total. The van der Waals surface area contributed by atoms with Crippen LogP contribution in [0.15, 0.2) is 11.6 Å². The van der Waals surface area contributed by atoms with E-state index in [0.29, 0.717) is 6.08 Å². The second-order valence-corrected chi connectivity index (χ2v) is 3.11. The fourth-order valence-electron chi connectivity index (χ4n) is 0.888. The number of carboxylic acids is 1. The maximum absolute atomic E-state index is 11.4. The van der Waals surface area contributed by atoms with E-state index >= 15 is 0 Å². The molecule has 2 amide bonds. The Morgan fingerprint density at radius 2 is 1.67 bits per heavy atom. The number of amides is 2. The fourth-order valence-corrected chi connectivity index (χ4v) is 0.888. The number of aliphatic carboxylic acids is 1. The van der Waals surface area contributed by atoms with E-state index in [1.54, 1.807) is 0 Å². The second-order valence-electron chi connectivity index (χ2n) is 3.11. The Morgan fingerprint density at radius 1 is 1.11 bits per heavy atom. The van der Waals surface area contributed by atoms with Crippen LogP contribution in [0.1, 0.15) is 6.42 Å². The van der Waals surface area contributed by atoms with Crippen LogP contribution >= 0.6 is 0 Å². The summed E-state index contributed by atoms with van der Waals surface area (Å²) < 4.78 is 4.54. The van der Waals surface area contributed by atoms with Crippen molar-refractivity contribution in [1.29, 1.82) is 0 Å². The molecule has 0 spiro atoms. The summed E-state index contributed by atoms with van der Waals surface area (Å²) >= 11 is 0. The first kappa shape index (κ1) is 15.6. The molecule has 0 aromatic rings. The van der Waals surface area contributed by atoms with Crippen LogP contribution in [0.4, 0.5) is 0 Å². The monoisotopic (exact) mass is 258 g/mol. The minimum absolute atomic E-state index is 0.342. The van der Waals surface area contributed by atoms with Crippen LogP contribution in [-0.4, -0.2) is 49.6 Å². The van der Waals surface area contributed by atoms with Gasteiger partial charge in [0.05, 0.1) is 12.0 Å². The van der Waals surface area contributed by atoms with E-state index in [2.05, 4.69) is 15.4 Å². The van der Waals surface area contributed by atoms with E-state index in [1.165, 1.54) is 14.1 Å². The fraction of sp³-hybridized carbons (Fsp3) is 0.400. The van der Waals surface area contributed by atoms with Crippen LogP contribution in [0.5, 0.6) is 0 Å². The van der Waals surface area contributed by atoms with Crippen LogP contribution in [-0.2, 0) is 23.9 Å². The summed E-state index contributed by atoms with van der Waals surface area (Å²) in [6.07, 6.45) is 0.136. The highest BCUT2D eigenvalue weighted by atomic mass is 16.5. The lowest BCUT2D eigenvalue weighted by Gasteiger charge is -2.06. The van der Waals surface area contributed by atoms with E-state index < -0.39 is 36.8 Å². The molecule has 0 atom stereocenters. The number of carbonyl (C=O) groups is 4. The quantitative estimate of drug-likeness (QED) is 0.390. The molecule has 8 heteroatoms. The standard InChI is InChI=1S/C10H14N2O6/c1-11-7(13)3-6(4-9(15)16)10(17)18-5-8(14)12-2/h4H,3,5H2,1-2H3,(H,11,13)(H,12,14)(H,15,16). The number of nitrogens with one attached hydrogen (secondary N) is 2. The molecule has 100 valence electrons. The largest absolute Gasteiger partial charge is 0.478 e. The molecule has 0 fully saturated rings. The second kappa shape index (κ2) is 7.82. The van der Waals surface area contributed by atoms with Crippen LogP contribution in [0.3, 0.4) is 0 Å². The van der Waals surface area contributed by atoms with Gasteiger partial charge < -0.3 is 20.5 Å². The number of hydrogen-bond donors (Lipinski definition) is 3. The number of carbonyl (C=O) groups excluding carboxylic acids is 3. The first-order valence-electron chi connectivity index (χ1n) is 4.92. The summed E-state index contributed by atoms with van der Waals surface area (Å²) in [6, 6.07) is 0. The highest BCUT2D eigenvalue weighted by molar-refractivity contribution is 6.00. The third kappa shape index (κ3) is 6.26. The van der Waals surface area contributed by atoms with Gasteiger partial charge in [-0.1, -0.05) is 0 Å². The van der Waals surface area contributed by atoms with Crippen molar-refractivity contribution in [3.8, 4) is 0 Å². The van der Waals surface area contributed by atoms with Crippen molar-refractivity contribution < 1.29 is 29.0 Å². The van der Waals surface area contributed by atoms with Crippen LogP contribution < -0.4 is 10.6 Å². The summed E-state index contributed by atoms with van der Waals surface area (Å²) in [5.41, 5.74) is -0.342. The summed E-state index contributed by atoms with van der Waals surface area (Å²) in [5.74, 6) is -3.49. The van der Waals surface area contributed by atoms with Gasteiger partial charge in [-0.15, -0.1) is 0 Å². The van der Waals surface area contributed by atoms with E-state index in [4.69, 9.17) is 5.11 Å². The Labute approximate surface area is 103 Å². The highest BCUT2D eigenvalue weighted by Crippen LogP contribution is 2.04. The zero-order chi connectivity index (χ0) is 14.1. The van der Waals surface area contributed by atoms with Gasteiger partial charge in [0.15, 0.2) is 6.61 Å². The number of rotatable bonds is 6. The summed E-state index contributed by atoms with van der Waals surface area (Å²) in [6.45, 7) is -0.542. The number of carboxylic acid groups (broad SMARTS) is 1. The van der Waals surface area contributed by atoms with Gasteiger partial charge in [0.1, 0.15) is 0 Å². The molecule has 0 heterocycles. The molecule has 0 aliphatic rings. The lowest BCUT2D eigenvalue weighted by molar-refractivity contribution is -0.145. The molecule has 0 bridgehead atoms. The molecule has 0 saturated carbocycles. The maximum atomic E-state index is 11.4. The van der Waals surface area contributed by atoms with Crippen molar-refractivity contribution in [3.63, 3.8) is 0 Å². The van der Waals surface area contributed by atoms with Crippen molar-refractivity contribution >= 4 is 23.8 Å². The third-order valence-electron chi connectivity index (χ3n) is 1.80. The third-order valence-corrected chi connectivity index (χ3v) is 1.80. The van der Waals surface area contributed by atoms with Crippen molar-refractivity contribution in [1.82, 2.24) is 10.6 Å². The van der Waals surface area contributed by atoms with Gasteiger partial charge >= 0.3 is 11.9 Å². The number of ether oxygens (including phenoxy) is 1. The van der Waals surface area contributed by atoms with E-state index in [9.17, 15) is 19.2 Å². The van der Waals surface area contributed by atoms with Gasteiger partial charge in [0.2, 0.25) is 5.91 Å². The Hall–Kier alpha value is -2.38. The summed E-state index contributed by atoms with van der Waals surface area (Å²) in [7, 11) is 2.70. The molecule has 0 aliphatic heterocycles. The zero-order valence-electron chi connectivity index (χ0n) is 9.98. The number of esters is 1. The lowest BCUT2D eigenvalue weighted by Crippen LogP contribution is -2.27. The van der Waals surface area contributed by atoms with E-state index in [1.807, 2.05) is 0 Å². The minimum atomic E-state index is -1.38. The first-order valence-corrected chi connectivity index (χ1v) is 4.92. The van der Waals surface area contributed by atoms with Gasteiger partial charge in [-0.2, -0.15) is 0 Å². The summed E-state index contributed by atoms with van der Waals surface area (Å²) in [5, 5.41) is 13.0. The van der Waals surface area contributed by atoms with Gasteiger partial charge in [0, 0.05) is 20.2 Å². The van der Waals surface area contributed by atoms with Gasteiger partial charge in [-0.25, -0.2) is 9.59 Å². The molecular formula is C10H14N2O6. The molecule has 0 aromatic heterocycles. The SMILES string of the molecule is CNC(=O)COC(=O)C(=CC(=O)O)CC(=O)NC. The van der Waals surface area contributed by atoms with Gasteiger partial charge in [-0.3, -0.25) is 9.59 Å². The van der Waals surface area contributed by atoms with Gasteiger partial charge in [-0.05, 0) is 0 Å². The number of likely N-dealkylation sites (N-methyl/N-ethyl adjacent to an activating group) is 1. The van der Waals surface area contributed by atoms with Crippen molar-refractivity contribution in [3.05, 3.63) is 11.6 Å². The first-order chi connectivity index (χ1) is 8.40. The molecule has 0 aromatic carbocycles.